The van der Waals surface area contributed by atoms with Gasteiger partial charge in [0, 0.05) is 14.9 Å². The molecule has 5 heteroatoms. The Hall–Kier alpha value is -0.850. The first-order valence-corrected chi connectivity index (χ1v) is 9.05. The van der Waals surface area contributed by atoms with Gasteiger partial charge >= 0.3 is 11.9 Å². The zero-order chi connectivity index (χ0) is 17.2. The molecule has 0 radical (unpaired) electrons. The maximum atomic E-state index is 12.7. The SMILES string of the molecule is C=CC1(C)CCC2C(C)(C)C3C=C(I)[C@]2(OC3=O)[C@H]1C(=O)OC. The van der Waals surface area contributed by atoms with Gasteiger partial charge in [-0.15, -0.1) is 6.58 Å². The molecule has 0 amide bonds. The smallest absolute Gasteiger partial charge is 0.314 e. The van der Waals surface area contributed by atoms with Crippen LogP contribution in [0.15, 0.2) is 22.3 Å². The van der Waals surface area contributed by atoms with Gasteiger partial charge in [-0.3, -0.25) is 9.59 Å². The van der Waals surface area contributed by atoms with Gasteiger partial charge in [-0.2, -0.15) is 0 Å². The lowest BCUT2D eigenvalue weighted by Crippen LogP contribution is -2.70. The average Bonchev–Trinajstić information content (AvgIpc) is 2.48. The summed E-state index contributed by atoms with van der Waals surface area (Å²) in [4.78, 5) is 25.3. The minimum atomic E-state index is -0.926. The lowest BCUT2D eigenvalue weighted by molar-refractivity contribution is -0.231. The van der Waals surface area contributed by atoms with Gasteiger partial charge in [0.25, 0.3) is 0 Å². The van der Waals surface area contributed by atoms with Crippen molar-refractivity contribution >= 4 is 34.5 Å². The van der Waals surface area contributed by atoms with Crippen LogP contribution in [-0.2, 0) is 19.1 Å². The number of hydrogen-bond donors (Lipinski definition) is 0. The van der Waals surface area contributed by atoms with Gasteiger partial charge in [0.15, 0.2) is 5.60 Å². The lowest BCUT2D eigenvalue weighted by Gasteiger charge is -2.64. The Labute approximate surface area is 150 Å². The van der Waals surface area contributed by atoms with Crippen molar-refractivity contribution in [1.82, 2.24) is 0 Å². The fourth-order valence-corrected chi connectivity index (χ4v) is 6.16. The van der Waals surface area contributed by atoms with Gasteiger partial charge in [0.05, 0.1) is 13.0 Å². The number of esters is 2. The Kier molecular flexibility index (Phi) is 3.75. The fraction of sp³-hybridized carbons (Fsp3) is 0.667. The Balaban J connectivity index is 2.27. The van der Waals surface area contributed by atoms with E-state index in [1.165, 1.54) is 7.11 Å². The first kappa shape index (κ1) is 17.0. The molecule has 4 rings (SSSR count). The Bertz CT molecular complexity index is 623. The molecule has 3 unspecified atom stereocenters. The maximum absolute atomic E-state index is 12.7. The summed E-state index contributed by atoms with van der Waals surface area (Å²) in [6.07, 6.45) is 5.55. The molecular weight excluding hydrogens is 407 g/mol. The van der Waals surface area contributed by atoms with Crippen LogP contribution in [0.2, 0.25) is 0 Å². The number of halogens is 1. The molecule has 2 aliphatic carbocycles. The van der Waals surface area contributed by atoms with E-state index in [-0.39, 0.29) is 29.2 Å². The van der Waals surface area contributed by atoms with E-state index in [9.17, 15) is 9.59 Å². The van der Waals surface area contributed by atoms with E-state index >= 15 is 0 Å². The Morgan fingerprint density at radius 1 is 1.48 bits per heavy atom. The monoisotopic (exact) mass is 430 g/mol. The first-order valence-electron chi connectivity index (χ1n) is 7.97. The van der Waals surface area contributed by atoms with Crippen molar-refractivity contribution in [2.24, 2.45) is 28.6 Å². The van der Waals surface area contributed by atoms with E-state index in [4.69, 9.17) is 9.47 Å². The molecule has 2 heterocycles. The number of carbonyl (C=O) groups excluding carboxylic acids is 2. The molecule has 0 aromatic heterocycles. The second kappa shape index (κ2) is 5.07. The van der Waals surface area contributed by atoms with Crippen LogP contribution in [0.1, 0.15) is 33.6 Å². The van der Waals surface area contributed by atoms with Gasteiger partial charge in [0.2, 0.25) is 0 Å². The zero-order valence-corrected chi connectivity index (χ0v) is 16.2. The zero-order valence-electron chi connectivity index (χ0n) is 14.0. The summed E-state index contributed by atoms with van der Waals surface area (Å²) in [7, 11) is 1.39. The lowest BCUT2D eigenvalue weighted by atomic mass is 9.46. The third-order valence-electron chi connectivity index (χ3n) is 6.39. The number of hydrogen-bond acceptors (Lipinski definition) is 4. The Morgan fingerprint density at radius 3 is 2.70 bits per heavy atom. The van der Waals surface area contributed by atoms with Crippen LogP contribution in [-0.4, -0.2) is 24.6 Å². The second-order valence-electron chi connectivity index (χ2n) is 7.79. The van der Waals surface area contributed by atoms with Crippen molar-refractivity contribution in [1.29, 1.82) is 0 Å². The molecule has 23 heavy (non-hydrogen) atoms. The number of methoxy groups -OCH3 is 1. The largest absolute Gasteiger partial charge is 0.469 e. The van der Waals surface area contributed by atoms with Crippen LogP contribution >= 0.6 is 22.6 Å². The molecule has 4 nitrogen and oxygen atoms in total. The van der Waals surface area contributed by atoms with Crippen LogP contribution in [0.25, 0.3) is 0 Å². The molecule has 1 saturated carbocycles. The summed E-state index contributed by atoms with van der Waals surface area (Å²) < 4.78 is 12.1. The Morgan fingerprint density at radius 2 is 2.13 bits per heavy atom. The third kappa shape index (κ3) is 1.94. The van der Waals surface area contributed by atoms with Crippen molar-refractivity contribution in [2.45, 2.75) is 39.2 Å². The molecule has 5 atom stereocenters. The molecular formula is C18H23IO4. The minimum Gasteiger partial charge on any atom is -0.469 e. The van der Waals surface area contributed by atoms with Crippen molar-refractivity contribution in [2.75, 3.05) is 7.11 Å². The van der Waals surface area contributed by atoms with E-state index in [0.29, 0.717) is 0 Å². The summed E-state index contributed by atoms with van der Waals surface area (Å²) in [5.74, 6) is -1.26. The van der Waals surface area contributed by atoms with Crippen LogP contribution in [0.3, 0.4) is 0 Å². The molecule has 0 aromatic rings. The van der Waals surface area contributed by atoms with Gasteiger partial charge in [0.1, 0.15) is 5.92 Å². The molecule has 0 aromatic carbocycles. The summed E-state index contributed by atoms with van der Waals surface area (Å²) in [5, 5.41) is 0. The van der Waals surface area contributed by atoms with E-state index < -0.39 is 16.9 Å². The van der Waals surface area contributed by atoms with E-state index in [1.54, 1.807) is 0 Å². The fourth-order valence-electron chi connectivity index (χ4n) is 5.00. The highest BCUT2D eigenvalue weighted by molar-refractivity contribution is 14.1. The van der Waals surface area contributed by atoms with Gasteiger partial charge in [-0.1, -0.05) is 32.9 Å². The predicted molar refractivity (Wildman–Crippen MR) is 94.7 cm³/mol. The number of rotatable bonds is 2. The maximum Gasteiger partial charge on any atom is 0.314 e. The molecule has 4 aliphatic rings. The molecule has 1 spiro atoms. The van der Waals surface area contributed by atoms with Crippen molar-refractivity contribution in [3.63, 3.8) is 0 Å². The van der Waals surface area contributed by atoms with Crippen LogP contribution in [0.4, 0.5) is 0 Å². The number of fused-ring (bicyclic) bond motifs is 1. The highest BCUT2D eigenvalue weighted by Crippen LogP contribution is 2.67. The van der Waals surface area contributed by atoms with E-state index in [2.05, 4.69) is 43.0 Å². The number of ether oxygens (including phenoxy) is 2. The second-order valence-corrected chi connectivity index (χ2v) is 8.95. The average molecular weight is 430 g/mol. The van der Waals surface area contributed by atoms with E-state index in [1.807, 2.05) is 19.1 Å². The molecule has 126 valence electrons. The highest BCUT2D eigenvalue weighted by atomic mass is 127. The standard InChI is InChI=1S/C18H23IO4/c1-6-17(4)8-7-11-16(2,3)10-9-12(19)18(11,23-14(10)20)13(17)15(21)22-5/h6,9-11,13H,1,7-8H2,2-5H3/t10?,11?,13-,17?,18-/m0/s1. The van der Waals surface area contributed by atoms with Crippen molar-refractivity contribution < 1.29 is 19.1 Å². The molecule has 0 N–H and O–H groups in total. The molecule has 2 bridgehead atoms. The van der Waals surface area contributed by atoms with Crippen LogP contribution < -0.4 is 0 Å². The van der Waals surface area contributed by atoms with Crippen molar-refractivity contribution in [3.05, 3.63) is 22.3 Å². The van der Waals surface area contributed by atoms with Crippen LogP contribution in [0.5, 0.6) is 0 Å². The summed E-state index contributed by atoms with van der Waals surface area (Å²) >= 11 is 2.24. The summed E-state index contributed by atoms with van der Waals surface area (Å²) in [6, 6.07) is 0. The van der Waals surface area contributed by atoms with E-state index in [0.717, 1.165) is 16.4 Å². The number of carbonyl (C=O) groups is 2. The first-order chi connectivity index (χ1) is 10.6. The molecule has 1 saturated heterocycles. The summed E-state index contributed by atoms with van der Waals surface area (Å²) in [6.45, 7) is 10.2. The molecule has 2 aliphatic heterocycles. The number of allylic oxidation sites excluding steroid dienone is 1. The topological polar surface area (TPSA) is 52.6 Å². The molecule has 2 fully saturated rings. The van der Waals surface area contributed by atoms with Gasteiger partial charge in [-0.05, 0) is 40.8 Å². The van der Waals surface area contributed by atoms with Crippen molar-refractivity contribution in [3.8, 4) is 0 Å². The highest BCUT2D eigenvalue weighted by Gasteiger charge is 2.72. The summed E-state index contributed by atoms with van der Waals surface area (Å²) in [5.41, 5.74) is -1.63. The third-order valence-corrected chi connectivity index (χ3v) is 7.59. The van der Waals surface area contributed by atoms with Gasteiger partial charge in [-0.25, -0.2) is 0 Å². The minimum absolute atomic E-state index is 0.103. The van der Waals surface area contributed by atoms with Crippen LogP contribution in [0, 0.1) is 28.6 Å². The normalized spacial score (nSPS) is 44.0. The van der Waals surface area contributed by atoms with Gasteiger partial charge < -0.3 is 9.47 Å². The quantitative estimate of drug-likeness (QED) is 0.381. The predicted octanol–water partition coefficient (Wildman–Crippen LogP) is 3.65.